The quantitative estimate of drug-likeness (QED) is 0.128. The van der Waals surface area contributed by atoms with Gasteiger partial charge in [0.05, 0.1) is 0 Å². The molecule has 6 rings (SSSR count). The van der Waals surface area contributed by atoms with Gasteiger partial charge in [0.1, 0.15) is 34.3 Å². The summed E-state index contributed by atoms with van der Waals surface area (Å²) in [5, 5.41) is 5.11. The highest BCUT2D eigenvalue weighted by Gasteiger charge is 2.35. The number of rotatable bonds is 10. The molecule has 0 aromatic heterocycles. The normalized spacial score (nSPS) is 12.9. The van der Waals surface area contributed by atoms with Gasteiger partial charge in [-0.3, -0.25) is 0 Å². The van der Waals surface area contributed by atoms with Crippen LogP contribution in [0, 0.1) is 13.8 Å². The van der Waals surface area contributed by atoms with Crippen molar-refractivity contribution >= 4 is 62.8 Å². The number of hydrogen-bond donors (Lipinski definition) is 0. The van der Waals surface area contributed by atoms with Gasteiger partial charge in [-0.15, -0.1) is 0 Å². The molecule has 0 amide bonds. The Bertz CT molecular complexity index is 2520. The zero-order valence-electron chi connectivity index (χ0n) is 36.9. The summed E-state index contributed by atoms with van der Waals surface area (Å²) in [5.41, 5.74) is 5.77. The van der Waals surface area contributed by atoms with E-state index in [-0.39, 0.29) is 25.3 Å². The molecule has 0 aliphatic heterocycles. The Kier molecular flexibility index (Phi) is 12.9. The third kappa shape index (κ3) is 10.1. The third-order valence-electron chi connectivity index (χ3n) is 10.3. The van der Waals surface area contributed by atoms with Crippen molar-refractivity contribution in [2.75, 3.05) is 0 Å². The van der Waals surface area contributed by atoms with Gasteiger partial charge in [-0.05, 0) is 103 Å². The second kappa shape index (κ2) is 17.0. The van der Waals surface area contributed by atoms with Crippen LogP contribution in [0.1, 0.15) is 111 Å². The van der Waals surface area contributed by atoms with Crippen molar-refractivity contribution in [3.8, 4) is 39.9 Å². The minimum Gasteiger partial charge on any atom is -0.488 e. The summed E-state index contributed by atoms with van der Waals surface area (Å²) in [7, 11) is -0.775. The van der Waals surface area contributed by atoms with Crippen LogP contribution in [0.3, 0.4) is 0 Å². The van der Waals surface area contributed by atoms with Gasteiger partial charge in [0.15, 0.2) is 0 Å². The van der Waals surface area contributed by atoms with Crippen LogP contribution >= 0.6 is 41.3 Å². The first-order valence-corrected chi connectivity index (χ1v) is 22.4. The third-order valence-corrected chi connectivity index (χ3v) is 11.9. The van der Waals surface area contributed by atoms with Crippen molar-refractivity contribution in [3.05, 3.63) is 123 Å². The fraction of sp³-hybridized carbons (Fsp3) is 0.360. The fourth-order valence-corrected chi connectivity index (χ4v) is 9.12. The summed E-state index contributed by atoms with van der Waals surface area (Å²) < 4.78 is 33.9. The van der Waals surface area contributed by atoms with E-state index >= 15 is 0 Å². The zero-order chi connectivity index (χ0) is 43.2. The van der Waals surface area contributed by atoms with E-state index < -0.39 is 14.6 Å². The Morgan fingerprint density at radius 1 is 0.441 bits per heavy atom. The van der Waals surface area contributed by atoms with E-state index in [2.05, 4.69) is 109 Å². The fourth-order valence-electron chi connectivity index (χ4n) is 7.50. The molecular weight excluding hydrogens is 813 g/mol. The predicted molar refractivity (Wildman–Crippen MR) is 255 cm³/mol. The Hall–Kier alpha value is -3.72. The maximum Gasteiger partial charge on any atom is 0.275 e. The van der Waals surface area contributed by atoms with Crippen LogP contribution in [0.25, 0.3) is 32.7 Å². The average Bonchev–Trinajstić information content (AvgIpc) is 3.11. The summed E-state index contributed by atoms with van der Waals surface area (Å²) >= 11 is 13.2. The van der Waals surface area contributed by atoms with Gasteiger partial charge in [-0.1, -0.05) is 140 Å². The summed E-state index contributed by atoms with van der Waals surface area (Å²) in [6.45, 7) is 30.6. The van der Waals surface area contributed by atoms with Gasteiger partial charge in [-0.25, -0.2) is 0 Å². The molecule has 0 aliphatic carbocycles. The van der Waals surface area contributed by atoms with E-state index in [1.807, 2.05) is 72.8 Å². The molecule has 9 heteroatoms. The van der Waals surface area contributed by atoms with Gasteiger partial charge in [-0.2, -0.15) is 0 Å². The molecule has 0 saturated heterocycles. The van der Waals surface area contributed by atoms with Crippen LogP contribution < -0.4 is 22.8 Å². The molecule has 6 aromatic carbocycles. The molecule has 0 radical (unpaired) electrons. The van der Waals surface area contributed by atoms with Crippen LogP contribution in [0.5, 0.6) is 28.7 Å². The van der Waals surface area contributed by atoms with Gasteiger partial charge < -0.3 is 22.8 Å². The van der Waals surface area contributed by atoms with Crippen molar-refractivity contribution in [3.63, 3.8) is 0 Å². The summed E-state index contributed by atoms with van der Waals surface area (Å²) in [6, 6.07) is 28.2. The van der Waals surface area contributed by atoms with Crippen LogP contribution in [-0.4, -0.2) is 5.60 Å². The lowest BCUT2D eigenvalue weighted by molar-refractivity contribution is 0.129. The highest BCUT2D eigenvalue weighted by atomic mass is 35.5. The molecule has 312 valence electrons. The van der Waals surface area contributed by atoms with Gasteiger partial charge in [0.2, 0.25) is 0 Å². The highest BCUT2D eigenvalue weighted by Crippen LogP contribution is 2.55. The minimum atomic E-state index is -0.467. The van der Waals surface area contributed by atoms with E-state index in [0.717, 1.165) is 66.4 Å². The average molecular weight is 872 g/mol. The summed E-state index contributed by atoms with van der Waals surface area (Å²) in [5.74, 6) is 3.55. The molecular formula is C50H58Cl2O5P2. The van der Waals surface area contributed by atoms with Crippen molar-refractivity contribution in [1.82, 2.24) is 0 Å². The van der Waals surface area contributed by atoms with Crippen molar-refractivity contribution in [2.24, 2.45) is 0 Å². The lowest BCUT2D eigenvalue weighted by Gasteiger charge is -2.34. The Labute approximate surface area is 365 Å². The molecule has 6 aromatic rings. The standard InChI is InChI=1S/C50H58Cl2O5P2/c1-29-37(47(3,4)5)27-38(48(6,7)8)45(56-58-54-41-25-33(51)23-31-19-15-17-21-35(31)41)43(29)44-30(2)40(53-50(12,13)14)28-39(49(9,10)11)46(44)57-59-55-42-26-34(52)24-32-20-16-18-22-36(32)42/h15-28,58-59H,1-14H3. The maximum atomic E-state index is 7.02. The topological polar surface area (TPSA) is 46.2 Å². The SMILES string of the molecule is Cc1c(OC(C)(C)C)cc(C(C)(C)C)c(OPOc2cc(Cl)cc3ccccc23)c1-c1c(C)c(C(C)(C)C)cc(C(C)(C)C)c1OPOc1cc(Cl)cc2ccccc12. The summed E-state index contributed by atoms with van der Waals surface area (Å²) in [4.78, 5) is 0. The van der Waals surface area contributed by atoms with E-state index in [9.17, 15) is 0 Å². The number of fused-ring (bicyclic) bond motifs is 2. The first-order valence-electron chi connectivity index (χ1n) is 20.0. The molecule has 0 bridgehead atoms. The molecule has 2 atom stereocenters. The van der Waals surface area contributed by atoms with Crippen molar-refractivity contribution in [2.45, 2.75) is 119 Å². The first kappa shape index (κ1) is 44.8. The van der Waals surface area contributed by atoms with Crippen LogP contribution in [0.15, 0.2) is 84.9 Å². The summed E-state index contributed by atoms with van der Waals surface area (Å²) in [6.07, 6.45) is 0. The monoisotopic (exact) mass is 870 g/mol. The van der Waals surface area contributed by atoms with Gasteiger partial charge in [0.25, 0.3) is 18.1 Å². The van der Waals surface area contributed by atoms with Crippen LogP contribution in [0.4, 0.5) is 0 Å². The number of hydrogen-bond acceptors (Lipinski definition) is 5. The molecule has 59 heavy (non-hydrogen) atoms. The molecule has 0 spiro atoms. The zero-order valence-corrected chi connectivity index (χ0v) is 40.4. The number of benzene rings is 6. The predicted octanol–water partition coefficient (Wildman–Crippen LogP) is 16.6. The van der Waals surface area contributed by atoms with Crippen LogP contribution in [-0.2, 0) is 16.2 Å². The van der Waals surface area contributed by atoms with Crippen LogP contribution in [0.2, 0.25) is 10.0 Å². The van der Waals surface area contributed by atoms with Gasteiger partial charge >= 0.3 is 0 Å². The second-order valence-electron chi connectivity index (χ2n) is 19.3. The molecule has 0 fully saturated rings. The van der Waals surface area contributed by atoms with E-state index in [1.165, 1.54) is 5.56 Å². The highest BCUT2D eigenvalue weighted by molar-refractivity contribution is 7.27. The Morgan fingerprint density at radius 3 is 1.27 bits per heavy atom. The second-order valence-corrected chi connectivity index (χ2v) is 21.4. The molecule has 0 saturated carbocycles. The number of ether oxygens (including phenoxy) is 1. The lowest BCUT2D eigenvalue weighted by Crippen LogP contribution is -2.24. The van der Waals surface area contributed by atoms with E-state index in [4.69, 9.17) is 46.0 Å². The van der Waals surface area contributed by atoms with Crippen molar-refractivity contribution < 1.29 is 22.8 Å². The molecule has 0 N–H and O–H groups in total. The Morgan fingerprint density at radius 2 is 0.847 bits per heavy atom. The largest absolute Gasteiger partial charge is 0.488 e. The van der Waals surface area contributed by atoms with E-state index in [0.29, 0.717) is 27.3 Å². The smallest absolute Gasteiger partial charge is 0.275 e. The lowest BCUT2D eigenvalue weighted by atomic mass is 9.74. The first-order chi connectivity index (χ1) is 27.4. The van der Waals surface area contributed by atoms with E-state index in [1.54, 1.807) is 0 Å². The van der Waals surface area contributed by atoms with Crippen molar-refractivity contribution in [1.29, 1.82) is 0 Å². The maximum absolute atomic E-state index is 7.02. The Balaban J connectivity index is 1.61. The molecule has 2 unspecified atom stereocenters. The minimum absolute atomic E-state index is 0.199. The molecule has 0 aliphatic rings. The van der Waals surface area contributed by atoms with Gasteiger partial charge in [0, 0.05) is 48.6 Å². The molecule has 0 heterocycles. The molecule has 5 nitrogen and oxygen atoms in total. The number of halogens is 2.